The molecule has 0 spiro atoms. The fraction of sp³-hybridized carbons (Fsp3) is 0.600. The Balaban J connectivity index is 1.91. The molecule has 0 radical (unpaired) electrons. The van der Waals surface area contributed by atoms with Crippen molar-refractivity contribution in [2.24, 2.45) is 5.92 Å². The van der Waals surface area contributed by atoms with Gasteiger partial charge in [0.05, 0.1) is 5.60 Å². The molecule has 0 saturated heterocycles. The number of halogens is 3. The minimum Gasteiger partial charge on any atom is -0.389 e. The van der Waals surface area contributed by atoms with Crippen molar-refractivity contribution in [3.63, 3.8) is 0 Å². The topological polar surface area (TPSA) is 32.3 Å². The zero-order valence-corrected chi connectivity index (χ0v) is 11.6. The van der Waals surface area contributed by atoms with E-state index in [-0.39, 0.29) is 12.1 Å². The molecule has 2 atom stereocenters. The van der Waals surface area contributed by atoms with E-state index in [2.05, 4.69) is 12.2 Å². The van der Waals surface area contributed by atoms with Crippen molar-refractivity contribution in [3.05, 3.63) is 35.1 Å². The summed E-state index contributed by atoms with van der Waals surface area (Å²) >= 11 is 0. The van der Waals surface area contributed by atoms with Crippen LogP contribution in [0.4, 0.5) is 13.2 Å². The van der Waals surface area contributed by atoms with Crippen LogP contribution in [0.15, 0.2) is 12.1 Å². The minimum absolute atomic E-state index is 0.0661. The van der Waals surface area contributed by atoms with E-state index in [4.69, 9.17) is 0 Å². The molecule has 112 valence electrons. The van der Waals surface area contributed by atoms with Gasteiger partial charge in [-0.15, -0.1) is 0 Å². The third-order valence-corrected chi connectivity index (χ3v) is 3.93. The molecule has 0 amide bonds. The highest BCUT2D eigenvalue weighted by Gasteiger charge is 2.32. The fourth-order valence-electron chi connectivity index (χ4n) is 2.92. The number of rotatable bonds is 4. The quantitative estimate of drug-likeness (QED) is 0.834. The van der Waals surface area contributed by atoms with Crippen molar-refractivity contribution in [2.45, 2.75) is 44.8 Å². The molecule has 1 saturated carbocycles. The summed E-state index contributed by atoms with van der Waals surface area (Å²) in [5.41, 5.74) is -0.719. The Morgan fingerprint density at radius 2 is 1.95 bits per heavy atom. The van der Waals surface area contributed by atoms with Gasteiger partial charge in [0.15, 0.2) is 11.6 Å². The maximum atomic E-state index is 13.4. The molecule has 2 rings (SSSR count). The van der Waals surface area contributed by atoms with Gasteiger partial charge in [-0.2, -0.15) is 0 Å². The summed E-state index contributed by atoms with van der Waals surface area (Å²) in [4.78, 5) is 0. The summed E-state index contributed by atoms with van der Waals surface area (Å²) < 4.78 is 39.3. The summed E-state index contributed by atoms with van der Waals surface area (Å²) in [7, 11) is 0. The SMILES string of the molecule is CC1CCCC(O)(CNCc2cc(F)c(F)cc2F)C1. The van der Waals surface area contributed by atoms with E-state index in [9.17, 15) is 18.3 Å². The Morgan fingerprint density at radius 1 is 1.25 bits per heavy atom. The van der Waals surface area contributed by atoms with Crippen molar-refractivity contribution in [3.8, 4) is 0 Å². The smallest absolute Gasteiger partial charge is 0.161 e. The van der Waals surface area contributed by atoms with Crippen LogP contribution in [0.25, 0.3) is 0 Å². The van der Waals surface area contributed by atoms with Crippen LogP contribution in [0.1, 0.15) is 38.2 Å². The van der Waals surface area contributed by atoms with Gasteiger partial charge in [-0.05, 0) is 24.8 Å². The number of hydrogen-bond acceptors (Lipinski definition) is 2. The molecule has 2 nitrogen and oxygen atoms in total. The molecule has 0 bridgehead atoms. The third kappa shape index (κ3) is 3.73. The highest BCUT2D eigenvalue weighted by atomic mass is 19.2. The van der Waals surface area contributed by atoms with Gasteiger partial charge in [-0.3, -0.25) is 0 Å². The molecule has 1 aromatic carbocycles. The fourth-order valence-corrected chi connectivity index (χ4v) is 2.92. The first kappa shape index (κ1) is 15.3. The largest absolute Gasteiger partial charge is 0.389 e. The van der Waals surface area contributed by atoms with Crippen LogP contribution >= 0.6 is 0 Å². The Labute approximate surface area is 117 Å². The molecule has 5 heteroatoms. The second kappa shape index (κ2) is 6.14. The zero-order chi connectivity index (χ0) is 14.8. The molecule has 0 aliphatic heterocycles. The van der Waals surface area contributed by atoms with Crippen LogP contribution < -0.4 is 5.32 Å². The van der Waals surface area contributed by atoms with Crippen molar-refractivity contribution in [1.29, 1.82) is 0 Å². The Hall–Kier alpha value is -1.07. The maximum Gasteiger partial charge on any atom is 0.161 e. The summed E-state index contributed by atoms with van der Waals surface area (Å²) in [5, 5.41) is 13.3. The number of benzene rings is 1. The van der Waals surface area contributed by atoms with Crippen molar-refractivity contribution in [2.75, 3.05) is 6.54 Å². The number of hydrogen-bond donors (Lipinski definition) is 2. The van der Waals surface area contributed by atoms with E-state index in [0.717, 1.165) is 18.9 Å². The van der Waals surface area contributed by atoms with E-state index >= 15 is 0 Å². The number of aliphatic hydroxyl groups is 1. The number of nitrogens with one attached hydrogen (secondary N) is 1. The van der Waals surface area contributed by atoms with E-state index in [1.165, 1.54) is 0 Å². The first-order valence-corrected chi connectivity index (χ1v) is 6.96. The van der Waals surface area contributed by atoms with Gasteiger partial charge in [-0.1, -0.05) is 19.8 Å². The summed E-state index contributed by atoms with van der Waals surface area (Å²) in [6, 6.07) is 1.40. The average Bonchev–Trinajstić information content (AvgIpc) is 2.35. The van der Waals surface area contributed by atoms with Crippen LogP contribution in [0.5, 0.6) is 0 Å². The molecule has 1 fully saturated rings. The monoisotopic (exact) mass is 287 g/mol. The van der Waals surface area contributed by atoms with Crippen LogP contribution in [-0.2, 0) is 6.54 Å². The highest BCUT2D eigenvalue weighted by molar-refractivity contribution is 5.20. The Morgan fingerprint density at radius 3 is 2.65 bits per heavy atom. The molecule has 20 heavy (non-hydrogen) atoms. The van der Waals surface area contributed by atoms with Gasteiger partial charge in [0, 0.05) is 24.7 Å². The Bertz CT molecular complexity index is 480. The second-order valence-corrected chi connectivity index (χ2v) is 5.89. The predicted molar refractivity (Wildman–Crippen MR) is 70.6 cm³/mol. The first-order chi connectivity index (χ1) is 9.39. The molecule has 1 aromatic rings. The molecule has 2 N–H and O–H groups in total. The first-order valence-electron chi connectivity index (χ1n) is 6.96. The van der Waals surface area contributed by atoms with Crippen LogP contribution in [0.2, 0.25) is 0 Å². The molecular formula is C15H20F3NO. The van der Waals surface area contributed by atoms with Crippen LogP contribution in [0, 0.1) is 23.4 Å². The van der Waals surface area contributed by atoms with Gasteiger partial charge in [0.25, 0.3) is 0 Å². The van der Waals surface area contributed by atoms with E-state index in [1.54, 1.807) is 0 Å². The third-order valence-electron chi connectivity index (χ3n) is 3.93. The van der Waals surface area contributed by atoms with Crippen molar-refractivity contribution in [1.82, 2.24) is 5.32 Å². The summed E-state index contributed by atoms with van der Waals surface area (Å²) in [5.74, 6) is -2.56. The van der Waals surface area contributed by atoms with Crippen molar-refractivity contribution >= 4 is 0 Å². The molecule has 0 aromatic heterocycles. The summed E-state index contributed by atoms with van der Waals surface area (Å²) in [6.45, 7) is 2.49. The Kier molecular flexibility index (Phi) is 4.70. The molecular weight excluding hydrogens is 267 g/mol. The molecule has 1 aliphatic carbocycles. The lowest BCUT2D eigenvalue weighted by Gasteiger charge is -2.35. The van der Waals surface area contributed by atoms with Crippen LogP contribution in [-0.4, -0.2) is 17.3 Å². The molecule has 0 heterocycles. The minimum atomic E-state index is -1.19. The van der Waals surface area contributed by atoms with Gasteiger partial charge < -0.3 is 10.4 Å². The average molecular weight is 287 g/mol. The lowest BCUT2D eigenvalue weighted by Crippen LogP contribution is -2.43. The second-order valence-electron chi connectivity index (χ2n) is 5.89. The predicted octanol–water partition coefficient (Wildman–Crippen LogP) is 3.13. The molecule has 2 unspecified atom stereocenters. The van der Waals surface area contributed by atoms with Gasteiger partial charge in [0.2, 0.25) is 0 Å². The summed E-state index contributed by atoms with van der Waals surface area (Å²) in [6.07, 6.45) is 3.50. The zero-order valence-electron chi connectivity index (χ0n) is 11.6. The lowest BCUT2D eigenvalue weighted by molar-refractivity contribution is -0.0119. The maximum absolute atomic E-state index is 13.4. The molecule has 1 aliphatic rings. The van der Waals surface area contributed by atoms with Gasteiger partial charge >= 0.3 is 0 Å². The van der Waals surface area contributed by atoms with E-state index in [1.807, 2.05) is 0 Å². The standard InChI is InChI=1S/C15H20F3NO/c1-10-3-2-4-15(20,7-10)9-19-8-11-5-13(17)14(18)6-12(11)16/h5-6,10,19-20H,2-4,7-9H2,1H3. The van der Waals surface area contributed by atoms with E-state index in [0.29, 0.717) is 31.4 Å². The van der Waals surface area contributed by atoms with E-state index < -0.39 is 23.1 Å². The van der Waals surface area contributed by atoms with Gasteiger partial charge in [0.1, 0.15) is 5.82 Å². The normalized spacial score (nSPS) is 26.8. The van der Waals surface area contributed by atoms with Gasteiger partial charge in [-0.25, -0.2) is 13.2 Å². The van der Waals surface area contributed by atoms with Crippen LogP contribution in [0.3, 0.4) is 0 Å². The highest BCUT2D eigenvalue weighted by Crippen LogP contribution is 2.31. The lowest BCUT2D eigenvalue weighted by atomic mass is 9.79. The van der Waals surface area contributed by atoms with Crippen molar-refractivity contribution < 1.29 is 18.3 Å².